The number of aromatic nitrogens is 1. The predicted molar refractivity (Wildman–Crippen MR) is 145 cm³/mol. The zero-order chi connectivity index (χ0) is 26.2. The van der Waals surface area contributed by atoms with Crippen LogP contribution in [0.25, 0.3) is 17.0 Å². The molecule has 3 heterocycles. The van der Waals surface area contributed by atoms with Crippen LogP contribution in [0.2, 0.25) is 0 Å². The largest absolute Gasteiger partial charge is 0.493 e. The summed E-state index contributed by atoms with van der Waals surface area (Å²) in [6, 6.07) is 15.3. The van der Waals surface area contributed by atoms with Gasteiger partial charge in [-0.2, -0.15) is 10.0 Å². The maximum atomic E-state index is 12.8. The number of hydrogen-bond acceptors (Lipinski definition) is 8. The van der Waals surface area contributed by atoms with E-state index in [1.807, 2.05) is 54.7 Å². The third-order valence-corrected chi connectivity index (χ3v) is 8.32. The molecule has 0 unspecified atom stereocenters. The standard InChI is InChI=1S/C25H23N5O5S2/c1-34-20-10-5-6-11-21(20)35-13-7-12-29-15-16(17-8-3-4-9-19(17)29)14-18-22(26)30-24(27-23(18)31)36-25(28-30)37(2,32)33/h3-6,8-11,14-15,26H,7,12-13H2,1-2H3. The number of carbonyl (C=O) groups excluding carboxylic acids is 1. The molecule has 0 atom stereocenters. The summed E-state index contributed by atoms with van der Waals surface area (Å²) in [5.74, 6) is 0.528. The Labute approximate surface area is 217 Å². The Morgan fingerprint density at radius 3 is 2.59 bits per heavy atom. The molecule has 0 fully saturated rings. The van der Waals surface area contributed by atoms with Gasteiger partial charge in [0.2, 0.25) is 19.4 Å². The fourth-order valence-electron chi connectivity index (χ4n) is 4.01. The molecule has 0 radical (unpaired) electrons. The third kappa shape index (κ3) is 4.89. The Morgan fingerprint density at radius 2 is 1.84 bits per heavy atom. The topological polar surface area (TPSA) is 126 Å². The second-order valence-electron chi connectivity index (χ2n) is 8.31. The highest BCUT2D eigenvalue weighted by Gasteiger charge is 2.38. The molecule has 190 valence electrons. The second kappa shape index (κ2) is 9.87. The molecular weight excluding hydrogens is 514 g/mol. The maximum Gasteiger partial charge on any atom is 0.283 e. The number of hydrazone groups is 1. The molecule has 12 heteroatoms. The monoisotopic (exact) mass is 537 g/mol. The van der Waals surface area contributed by atoms with Crippen molar-refractivity contribution >= 4 is 59.9 Å². The van der Waals surface area contributed by atoms with E-state index in [0.717, 1.165) is 45.9 Å². The summed E-state index contributed by atoms with van der Waals surface area (Å²) < 4.78 is 36.9. The fourth-order valence-corrected chi connectivity index (χ4v) is 5.70. The summed E-state index contributed by atoms with van der Waals surface area (Å²) >= 11 is 0.761. The Bertz CT molecular complexity index is 1620. The molecule has 1 N–H and O–H groups in total. The van der Waals surface area contributed by atoms with Crippen molar-refractivity contribution in [3.8, 4) is 11.5 Å². The van der Waals surface area contributed by atoms with Crippen molar-refractivity contribution in [3.63, 3.8) is 0 Å². The van der Waals surface area contributed by atoms with Crippen LogP contribution >= 0.6 is 11.8 Å². The van der Waals surface area contributed by atoms with Crippen molar-refractivity contribution < 1.29 is 22.7 Å². The lowest BCUT2D eigenvalue weighted by molar-refractivity contribution is -0.114. The predicted octanol–water partition coefficient (Wildman–Crippen LogP) is 3.74. The van der Waals surface area contributed by atoms with Gasteiger partial charge in [0.15, 0.2) is 17.3 Å². The van der Waals surface area contributed by atoms with E-state index in [1.54, 1.807) is 13.2 Å². The maximum absolute atomic E-state index is 12.8. The molecule has 10 nitrogen and oxygen atoms in total. The van der Waals surface area contributed by atoms with Crippen LogP contribution in [0.5, 0.6) is 11.5 Å². The summed E-state index contributed by atoms with van der Waals surface area (Å²) in [7, 11) is -1.99. The highest BCUT2D eigenvalue weighted by molar-refractivity contribution is 8.42. The van der Waals surface area contributed by atoms with Crippen molar-refractivity contribution in [2.45, 2.75) is 13.0 Å². The number of sulfone groups is 1. The number of aryl methyl sites for hydroxylation is 1. The molecule has 1 aromatic heterocycles. The Kier molecular flexibility index (Phi) is 6.61. The van der Waals surface area contributed by atoms with Crippen LogP contribution in [-0.2, 0) is 21.2 Å². The molecule has 0 saturated heterocycles. The normalized spacial score (nSPS) is 16.7. The second-order valence-corrected chi connectivity index (χ2v) is 11.5. The number of nitrogens with zero attached hydrogens (tertiary/aromatic N) is 4. The zero-order valence-electron chi connectivity index (χ0n) is 20.0. The van der Waals surface area contributed by atoms with Crippen molar-refractivity contribution in [1.29, 1.82) is 5.41 Å². The van der Waals surface area contributed by atoms with Crippen LogP contribution in [0, 0.1) is 5.41 Å². The van der Waals surface area contributed by atoms with Gasteiger partial charge in [0.1, 0.15) is 0 Å². The fraction of sp³-hybridized carbons (Fsp3) is 0.200. The van der Waals surface area contributed by atoms with E-state index in [-0.39, 0.29) is 21.0 Å². The molecule has 0 spiro atoms. The van der Waals surface area contributed by atoms with Crippen LogP contribution in [0.4, 0.5) is 0 Å². The average Bonchev–Trinajstić information content (AvgIpc) is 3.47. The lowest BCUT2D eigenvalue weighted by Crippen LogP contribution is -2.35. The van der Waals surface area contributed by atoms with Gasteiger partial charge in [0, 0.05) is 35.5 Å². The summed E-state index contributed by atoms with van der Waals surface area (Å²) in [6.45, 7) is 1.15. The van der Waals surface area contributed by atoms with E-state index in [0.29, 0.717) is 24.7 Å². The zero-order valence-corrected chi connectivity index (χ0v) is 21.7. The smallest absolute Gasteiger partial charge is 0.283 e. The molecule has 1 amide bonds. The first-order chi connectivity index (χ1) is 17.8. The molecule has 2 aliphatic heterocycles. The number of carbonyl (C=O) groups is 1. The van der Waals surface area contributed by atoms with Crippen LogP contribution in [-0.4, -0.2) is 59.3 Å². The van der Waals surface area contributed by atoms with Gasteiger partial charge < -0.3 is 14.0 Å². The summed E-state index contributed by atoms with van der Waals surface area (Å²) in [4.78, 5) is 16.7. The number of para-hydroxylation sites is 3. The van der Waals surface area contributed by atoms with Crippen molar-refractivity contribution in [2.75, 3.05) is 20.0 Å². The number of hydrogen-bond donors (Lipinski definition) is 1. The number of methoxy groups -OCH3 is 1. The van der Waals surface area contributed by atoms with E-state index < -0.39 is 15.7 Å². The first kappa shape index (κ1) is 24.8. The molecule has 37 heavy (non-hydrogen) atoms. The number of nitrogens with one attached hydrogen (secondary N) is 1. The first-order valence-corrected chi connectivity index (χ1v) is 14.0. The van der Waals surface area contributed by atoms with E-state index in [4.69, 9.17) is 14.9 Å². The highest BCUT2D eigenvalue weighted by atomic mass is 32.3. The average molecular weight is 538 g/mol. The number of benzene rings is 2. The SMILES string of the molecule is COc1ccccc1OCCCn1cc(C=C2C(=N)N3N=C(S(C)(=O)=O)SC3=NC2=O)c2ccccc21. The van der Waals surface area contributed by atoms with Gasteiger partial charge in [-0.15, -0.1) is 5.10 Å². The number of amidine groups is 2. The van der Waals surface area contributed by atoms with Crippen molar-refractivity contribution in [3.05, 3.63) is 65.9 Å². The van der Waals surface area contributed by atoms with Gasteiger partial charge in [-0.05, 0) is 42.5 Å². The minimum Gasteiger partial charge on any atom is -0.493 e. The number of ether oxygens (including phenoxy) is 2. The van der Waals surface area contributed by atoms with Gasteiger partial charge >= 0.3 is 0 Å². The van der Waals surface area contributed by atoms with E-state index in [9.17, 15) is 13.2 Å². The van der Waals surface area contributed by atoms with Crippen LogP contribution < -0.4 is 9.47 Å². The molecule has 2 aliphatic rings. The van der Waals surface area contributed by atoms with Crippen LogP contribution in [0.3, 0.4) is 0 Å². The summed E-state index contributed by atoms with van der Waals surface area (Å²) in [6.07, 6.45) is 5.28. The number of thioether (sulfide) groups is 1. The van der Waals surface area contributed by atoms with Gasteiger partial charge in [-0.1, -0.05) is 30.3 Å². The van der Waals surface area contributed by atoms with Gasteiger partial charge in [0.05, 0.1) is 19.3 Å². The lowest BCUT2D eigenvalue weighted by Gasteiger charge is -2.19. The molecular formula is C25H23N5O5S2. The van der Waals surface area contributed by atoms with E-state index >= 15 is 0 Å². The molecule has 5 rings (SSSR count). The van der Waals surface area contributed by atoms with Gasteiger partial charge in [-0.25, -0.2) is 8.42 Å². The molecule has 0 aliphatic carbocycles. The third-order valence-electron chi connectivity index (χ3n) is 5.74. The highest BCUT2D eigenvalue weighted by Crippen LogP contribution is 2.31. The number of aliphatic imine (C=N–C) groups is 1. The Morgan fingerprint density at radius 1 is 1.11 bits per heavy atom. The van der Waals surface area contributed by atoms with Gasteiger partial charge in [0.25, 0.3) is 5.91 Å². The molecule has 0 saturated carbocycles. The van der Waals surface area contributed by atoms with Gasteiger partial charge in [-0.3, -0.25) is 10.2 Å². The lowest BCUT2D eigenvalue weighted by atomic mass is 10.1. The summed E-state index contributed by atoms with van der Waals surface area (Å²) in [5, 5.41) is 14.6. The number of rotatable bonds is 7. The molecule has 0 bridgehead atoms. The minimum absolute atomic E-state index is 0.0326. The van der Waals surface area contributed by atoms with Crippen LogP contribution in [0.15, 0.2) is 70.4 Å². The number of amides is 1. The number of fused-ring (bicyclic) bond motifs is 2. The van der Waals surface area contributed by atoms with Crippen molar-refractivity contribution in [2.24, 2.45) is 10.1 Å². The quantitative estimate of drug-likeness (QED) is 0.359. The summed E-state index contributed by atoms with van der Waals surface area (Å²) in [5.41, 5.74) is 1.75. The van der Waals surface area contributed by atoms with E-state index in [1.165, 1.54) is 0 Å². The molecule has 3 aromatic rings. The Balaban J connectivity index is 1.38. The minimum atomic E-state index is -3.59. The molecule has 2 aromatic carbocycles. The van der Waals surface area contributed by atoms with E-state index in [2.05, 4.69) is 14.7 Å². The first-order valence-electron chi connectivity index (χ1n) is 11.3. The van der Waals surface area contributed by atoms with Crippen LogP contribution in [0.1, 0.15) is 12.0 Å². The Hall–Kier alpha value is -3.90. The van der Waals surface area contributed by atoms with Crippen molar-refractivity contribution in [1.82, 2.24) is 9.58 Å².